The molecule has 1 fully saturated rings. The fraction of sp³-hybridized carbons (Fsp3) is 0.667. The molecule has 13 heavy (non-hydrogen) atoms. The van der Waals surface area contributed by atoms with Crippen LogP contribution in [0.1, 0.15) is 6.42 Å². The van der Waals surface area contributed by atoms with Crippen molar-refractivity contribution in [3.63, 3.8) is 0 Å². The highest BCUT2D eigenvalue weighted by atomic mass is 16.5. The Morgan fingerprint density at radius 1 is 1.85 bits per heavy atom. The average Bonchev–Trinajstić information content (AvgIpc) is 2.41. The Morgan fingerprint density at radius 2 is 2.54 bits per heavy atom. The van der Waals surface area contributed by atoms with E-state index in [0.717, 1.165) is 0 Å². The topological polar surface area (TPSA) is 49.8 Å². The molecule has 0 bridgehead atoms. The van der Waals surface area contributed by atoms with E-state index < -0.39 is 6.10 Å². The highest BCUT2D eigenvalue weighted by Gasteiger charge is 2.34. The number of aliphatic hydroxyl groups is 1. The zero-order chi connectivity index (χ0) is 9.84. The summed E-state index contributed by atoms with van der Waals surface area (Å²) in [7, 11) is 1.80. The second kappa shape index (κ2) is 4.39. The molecule has 1 N–H and O–H groups in total. The lowest BCUT2D eigenvalue weighted by atomic mass is 10.2. The van der Waals surface area contributed by atoms with Gasteiger partial charge in [0, 0.05) is 13.0 Å². The van der Waals surface area contributed by atoms with Crippen molar-refractivity contribution in [2.75, 3.05) is 20.2 Å². The summed E-state index contributed by atoms with van der Waals surface area (Å²) in [4.78, 5) is 13.1. The summed E-state index contributed by atoms with van der Waals surface area (Å²) in [5, 5.41) is 9.27. The summed E-state index contributed by atoms with van der Waals surface area (Å²) in [5.74, 6) is -0.279. The number of hydrogen-bond donors (Lipinski definition) is 1. The van der Waals surface area contributed by atoms with Gasteiger partial charge in [-0.05, 0) is 7.05 Å². The van der Waals surface area contributed by atoms with Crippen LogP contribution in [0.2, 0.25) is 0 Å². The van der Waals surface area contributed by atoms with Crippen molar-refractivity contribution < 1.29 is 14.6 Å². The van der Waals surface area contributed by atoms with Gasteiger partial charge < -0.3 is 9.84 Å². The molecule has 0 unspecified atom stereocenters. The number of hydrogen-bond acceptors (Lipinski definition) is 4. The van der Waals surface area contributed by atoms with Crippen LogP contribution in [0, 0.1) is 0 Å². The first-order chi connectivity index (χ1) is 6.15. The Labute approximate surface area is 77.8 Å². The van der Waals surface area contributed by atoms with Gasteiger partial charge >= 0.3 is 5.97 Å². The number of β-amino-alcohol motifs (C(OH)–C–C–N with tert-alkyl or cyclic N) is 1. The molecule has 0 aromatic heterocycles. The molecule has 0 saturated carbocycles. The van der Waals surface area contributed by atoms with Gasteiger partial charge in [0.05, 0.1) is 6.10 Å². The van der Waals surface area contributed by atoms with Crippen molar-refractivity contribution >= 4 is 5.97 Å². The quantitative estimate of drug-likeness (QED) is 0.488. The zero-order valence-electron chi connectivity index (χ0n) is 7.77. The first-order valence-corrected chi connectivity index (χ1v) is 4.31. The normalized spacial score (nSPS) is 28.8. The van der Waals surface area contributed by atoms with Gasteiger partial charge in [-0.15, -0.1) is 0 Å². The Kier molecular flexibility index (Phi) is 3.45. The lowest BCUT2D eigenvalue weighted by Gasteiger charge is -2.16. The highest BCUT2D eigenvalue weighted by Crippen LogP contribution is 2.16. The zero-order valence-corrected chi connectivity index (χ0v) is 7.77. The number of carbonyl (C=O) groups excluding carboxylic acids is 1. The molecule has 0 aliphatic carbocycles. The maximum absolute atomic E-state index is 11.3. The first-order valence-electron chi connectivity index (χ1n) is 4.31. The third kappa shape index (κ3) is 2.54. The molecule has 1 heterocycles. The fourth-order valence-corrected chi connectivity index (χ4v) is 1.49. The largest absolute Gasteiger partial charge is 0.460 e. The van der Waals surface area contributed by atoms with Crippen LogP contribution in [0.25, 0.3) is 0 Å². The summed E-state index contributed by atoms with van der Waals surface area (Å²) in [6, 6.07) is -0.296. The fourth-order valence-electron chi connectivity index (χ4n) is 1.49. The number of likely N-dealkylation sites (N-methyl/N-ethyl adjacent to an activating group) is 1. The number of rotatable bonds is 3. The molecule has 1 rings (SSSR count). The van der Waals surface area contributed by atoms with Crippen molar-refractivity contribution in [3.8, 4) is 0 Å². The van der Waals surface area contributed by atoms with Gasteiger partial charge in [0.1, 0.15) is 12.6 Å². The Morgan fingerprint density at radius 3 is 3.00 bits per heavy atom. The number of carbonyl (C=O) groups is 1. The molecule has 4 heteroatoms. The van der Waals surface area contributed by atoms with Crippen molar-refractivity contribution in [2.45, 2.75) is 18.6 Å². The third-order valence-corrected chi connectivity index (χ3v) is 2.14. The van der Waals surface area contributed by atoms with Crippen LogP contribution in [-0.2, 0) is 9.53 Å². The lowest BCUT2D eigenvalue weighted by Crippen LogP contribution is -2.34. The standard InChI is InChI=1S/C9H15NO3/c1-3-4-13-9(12)8-5-7(11)6-10(8)2/h3,7-8,11H,1,4-6H2,2H3/t7-,8+/m1/s1. The van der Waals surface area contributed by atoms with E-state index >= 15 is 0 Å². The van der Waals surface area contributed by atoms with E-state index in [0.29, 0.717) is 13.0 Å². The van der Waals surface area contributed by atoms with Crippen molar-refractivity contribution in [1.29, 1.82) is 0 Å². The van der Waals surface area contributed by atoms with Crippen LogP contribution in [0.4, 0.5) is 0 Å². The van der Waals surface area contributed by atoms with Crippen LogP contribution in [0.5, 0.6) is 0 Å². The first kappa shape index (κ1) is 10.2. The molecule has 1 aliphatic rings. The monoisotopic (exact) mass is 185 g/mol. The van der Waals surface area contributed by atoms with Crippen LogP contribution < -0.4 is 0 Å². The molecule has 0 radical (unpaired) electrons. The third-order valence-electron chi connectivity index (χ3n) is 2.14. The minimum absolute atomic E-state index is 0.235. The van der Waals surface area contributed by atoms with Crippen LogP contribution in [-0.4, -0.2) is 48.3 Å². The molecule has 1 aliphatic heterocycles. The Hall–Kier alpha value is -0.870. The molecule has 0 spiro atoms. The van der Waals surface area contributed by atoms with Crippen molar-refractivity contribution in [3.05, 3.63) is 12.7 Å². The van der Waals surface area contributed by atoms with E-state index in [1.807, 2.05) is 0 Å². The number of aliphatic hydroxyl groups excluding tert-OH is 1. The highest BCUT2D eigenvalue weighted by molar-refractivity contribution is 5.76. The number of likely N-dealkylation sites (tertiary alicyclic amines) is 1. The predicted octanol–water partition coefficient (Wildman–Crippen LogP) is -0.219. The van der Waals surface area contributed by atoms with E-state index in [1.165, 1.54) is 6.08 Å². The van der Waals surface area contributed by atoms with E-state index in [2.05, 4.69) is 6.58 Å². The second-order valence-electron chi connectivity index (χ2n) is 3.26. The van der Waals surface area contributed by atoms with E-state index in [1.54, 1.807) is 11.9 Å². The van der Waals surface area contributed by atoms with Gasteiger partial charge in [0.2, 0.25) is 0 Å². The van der Waals surface area contributed by atoms with Gasteiger partial charge in [0.15, 0.2) is 0 Å². The van der Waals surface area contributed by atoms with Gasteiger partial charge in [0.25, 0.3) is 0 Å². The second-order valence-corrected chi connectivity index (χ2v) is 3.26. The molecule has 74 valence electrons. The summed E-state index contributed by atoms with van der Waals surface area (Å²) in [6.45, 7) is 4.22. The summed E-state index contributed by atoms with van der Waals surface area (Å²) in [6.07, 6.45) is 1.58. The van der Waals surface area contributed by atoms with E-state index in [-0.39, 0.29) is 18.6 Å². The molecule has 2 atom stereocenters. The average molecular weight is 185 g/mol. The van der Waals surface area contributed by atoms with Crippen LogP contribution in [0.3, 0.4) is 0 Å². The molecular formula is C9H15NO3. The summed E-state index contributed by atoms with van der Waals surface area (Å²) >= 11 is 0. The molecule has 0 aromatic rings. The Balaban J connectivity index is 2.42. The van der Waals surface area contributed by atoms with Crippen molar-refractivity contribution in [1.82, 2.24) is 4.90 Å². The van der Waals surface area contributed by atoms with Gasteiger partial charge in [-0.2, -0.15) is 0 Å². The number of esters is 1. The minimum Gasteiger partial charge on any atom is -0.460 e. The SMILES string of the molecule is C=CCOC(=O)[C@@H]1C[C@@H](O)CN1C. The Bertz CT molecular complexity index is 205. The van der Waals surface area contributed by atoms with E-state index in [4.69, 9.17) is 4.74 Å². The maximum Gasteiger partial charge on any atom is 0.323 e. The molecule has 1 saturated heterocycles. The number of nitrogens with zero attached hydrogens (tertiary/aromatic N) is 1. The molecule has 0 amide bonds. The van der Waals surface area contributed by atoms with Crippen LogP contribution in [0.15, 0.2) is 12.7 Å². The smallest absolute Gasteiger partial charge is 0.323 e. The minimum atomic E-state index is -0.411. The summed E-state index contributed by atoms with van der Waals surface area (Å²) in [5.41, 5.74) is 0. The molecular weight excluding hydrogens is 170 g/mol. The summed E-state index contributed by atoms with van der Waals surface area (Å²) < 4.78 is 4.88. The lowest BCUT2D eigenvalue weighted by molar-refractivity contribution is -0.147. The van der Waals surface area contributed by atoms with Gasteiger partial charge in [-0.3, -0.25) is 9.69 Å². The van der Waals surface area contributed by atoms with Crippen LogP contribution >= 0.6 is 0 Å². The van der Waals surface area contributed by atoms with Crippen molar-refractivity contribution in [2.24, 2.45) is 0 Å². The number of ether oxygens (including phenoxy) is 1. The molecule has 0 aromatic carbocycles. The maximum atomic E-state index is 11.3. The predicted molar refractivity (Wildman–Crippen MR) is 48.2 cm³/mol. The van der Waals surface area contributed by atoms with Gasteiger partial charge in [-0.1, -0.05) is 12.7 Å². The van der Waals surface area contributed by atoms with Gasteiger partial charge in [-0.25, -0.2) is 0 Å². The molecule has 4 nitrogen and oxygen atoms in total. The van der Waals surface area contributed by atoms with E-state index in [9.17, 15) is 9.90 Å².